The molecule has 0 atom stereocenters. The second-order valence-electron chi connectivity index (χ2n) is 6.02. The van der Waals surface area contributed by atoms with Crippen molar-refractivity contribution < 1.29 is 19.1 Å². The molecule has 3 N–H and O–H groups in total. The van der Waals surface area contributed by atoms with Crippen molar-refractivity contribution in [2.75, 3.05) is 11.9 Å². The fraction of sp³-hybridized carbons (Fsp3) is 0.263. The summed E-state index contributed by atoms with van der Waals surface area (Å²) in [4.78, 5) is 23.6. The normalized spacial score (nSPS) is 13.1. The van der Waals surface area contributed by atoms with Gasteiger partial charge in [0.05, 0.1) is 12.2 Å². The third-order valence-corrected chi connectivity index (χ3v) is 4.24. The van der Waals surface area contributed by atoms with Crippen LogP contribution in [0.2, 0.25) is 0 Å². The van der Waals surface area contributed by atoms with Crippen molar-refractivity contribution in [3.8, 4) is 0 Å². The van der Waals surface area contributed by atoms with Crippen LogP contribution < -0.4 is 10.6 Å². The Kier molecular flexibility index (Phi) is 5.09. The van der Waals surface area contributed by atoms with E-state index < -0.39 is 11.7 Å². The zero-order valence-corrected chi connectivity index (χ0v) is 13.6. The average molecular weight is 342 g/mol. The minimum Gasteiger partial charge on any atom is -0.392 e. The fourth-order valence-corrected chi connectivity index (χ4v) is 2.80. The van der Waals surface area contributed by atoms with Crippen molar-refractivity contribution in [1.82, 2.24) is 5.32 Å². The number of rotatable bonds is 5. The van der Waals surface area contributed by atoms with Gasteiger partial charge in [0.1, 0.15) is 5.82 Å². The summed E-state index contributed by atoms with van der Waals surface area (Å²) in [5.74, 6) is -1.26. The first-order valence-electron chi connectivity index (χ1n) is 8.16. The van der Waals surface area contributed by atoms with Crippen molar-refractivity contribution >= 4 is 17.5 Å². The highest BCUT2D eigenvalue weighted by Gasteiger charge is 2.20. The van der Waals surface area contributed by atoms with E-state index in [9.17, 15) is 14.0 Å². The van der Waals surface area contributed by atoms with Crippen LogP contribution in [0, 0.1) is 5.82 Å². The molecule has 25 heavy (non-hydrogen) atoms. The van der Waals surface area contributed by atoms with Gasteiger partial charge in [-0.3, -0.25) is 9.59 Å². The Bertz CT molecular complexity index is 803. The Balaban J connectivity index is 1.62. The van der Waals surface area contributed by atoms with Crippen molar-refractivity contribution in [3.05, 3.63) is 64.5 Å². The standard InChI is InChI=1S/C19H19FN2O3/c20-16-10-17-14(5-6-18(24)22-17)9-15(16)19(25)21-8-7-12-1-3-13(11-23)4-2-12/h1-4,9-10,23H,5-8,11H2,(H,21,25)(H,22,24). The fourth-order valence-electron chi connectivity index (χ4n) is 2.80. The highest BCUT2D eigenvalue weighted by molar-refractivity contribution is 5.98. The zero-order valence-electron chi connectivity index (χ0n) is 13.6. The molecule has 3 rings (SSSR count). The third-order valence-electron chi connectivity index (χ3n) is 4.24. The molecule has 2 aromatic rings. The predicted octanol–water partition coefficient (Wildman–Crippen LogP) is 2.18. The molecule has 0 aliphatic carbocycles. The van der Waals surface area contributed by atoms with Gasteiger partial charge in [-0.2, -0.15) is 0 Å². The summed E-state index contributed by atoms with van der Waals surface area (Å²) in [6.45, 7) is 0.375. The first-order chi connectivity index (χ1) is 12.1. The van der Waals surface area contributed by atoms with Gasteiger partial charge >= 0.3 is 0 Å². The average Bonchev–Trinajstić information content (AvgIpc) is 2.61. The van der Waals surface area contributed by atoms with Crippen LogP contribution in [-0.2, 0) is 24.2 Å². The Labute approximate surface area is 144 Å². The number of aryl methyl sites for hydroxylation is 1. The molecule has 0 radical (unpaired) electrons. The van der Waals surface area contributed by atoms with Crippen molar-refractivity contribution in [2.24, 2.45) is 0 Å². The molecular formula is C19H19FN2O3. The molecule has 1 heterocycles. The first-order valence-corrected chi connectivity index (χ1v) is 8.16. The quantitative estimate of drug-likeness (QED) is 0.779. The van der Waals surface area contributed by atoms with E-state index in [2.05, 4.69) is 10.6 Å². The summed E-state index contributed by atoms with van der Waals surface area (Å²) in [7, 11) is 0. The summed E-state index contributed by atoms with van der Waals surface area (Å²) in [6.07, 6.45) is 1.45. The third kappa shape index (κ3) is 4.03. The minimum atomic E-state index is -0.647. The number of carbonyl (C=O) groups is 2. The van der Waals surface area contributed by atoms with Gasteiger partial charge in [0.15, 0.2) is 0 Å². The smallest absolute Gasteiger partial charge is 0.254 e. The first kappa shape index (κ1) is 17.1. The Morgan fingerprint density at radius 3 is 2.60 bits per heavy atom. The number of nitrogens with one attached hydrogen (secondary N) is 2. The minimum absolute atomic E-state index is 0.00489. The highest BCUT2D eigenvalue weighted by atomic mass is 19.1. The topological polar surface area (TPSA) is 78.4 Å². The number of halogens is 1. The number of hydrogen-bond acceptors (Lipinski definition) is 3. The molecule has 5 nitrogen and oxygen atoms in total. The number of aliphatic hydroxyl groups is 1. The van der Waals surface area contributed by atoms with Gasteiger partial charge in [-0.15, -0.1) is 0 Å². The van der Waals surface area contributed by atoms with Gasteiger partial charge in [-0.25, -0.2) is 4.39 Å². The molecule has 0 aromatic heterocycles. The molecule has 1 aliphatic rings. The van der Waals surface area contributed by atoms with E-state index in [1.807, 2.05) is 24.3 Å². The number of aliphatic hydroxyl groups excluding tert-OH is 1. The van der Waals surface area contributed by atoms with Crippen molar-refractivity contribution in [3.63, 3.8) is 0 Å². The molecule has 2 amide bonds. The number of fused-ring (bicyclic) bond motifs is 1. The molecule has 0 unspecified atom stereocenters. The number of carbonyl (C=O) groups excluding carboxylic acids is 2. The SMILES string of the molecule is O=C1CCc2cc(C(=O)NCCc3ccc(CO)cc3)c(F)cc2N1. The second kappa shape index (κ2) is 7.44. The number of hydrogen-bond donors (Lipinski definition) is 3. The molecular weight excluding hydrogens is 323 g/mol. The number of amides is 2. The summed E-state index contributed by atoms with van der Waals surface area (Å²) in [5, 5.41) is 14.3. The predicted molar refractivity (Wildman–Crippen MR) is 91.8 cm³/mol. The second-order valence-corrected chi connectivity index (χ2v) is 6.02. The van der Waals surface area contributed by atoms with Crippen molar-refractivity contribution in [2.45, 2.75) is 25.9 Å². The Morgan fingerprint density at radius 2 is 1.88 bits per heavy atom. The van der Waals surface area contributed by atoms with E-state index in [0.29, 0.717) is 31.5 Å². The molecule has 0 saturated heterocycles. The lowest BCUT2D eigenvalue weighted by molar-refractivity contribution is -0.116. The Hall–Kier alpha value is -2.73. The van der Waals surface area contributed by atoms with Crippen LogP contribution in [0.15, 0.2) is 36.4 Å². The summed E-state index contributed by atoms with van der Waals surface area (Å²) in [6, 6.07) is 10.1. The molecule has 6 heteroatoms. The van der Waals surface area contributed by atoms with E-state index in [4.69, 9.17) is 5.11 Å². The lowest BCUT2D eigenvalue weighted by Crippen LogP contribution is -2.27. The van der Waals surface area contributed by atoms with E-state index in [0.717, 1.165) is 16.7 Å². The molecule has 2 aromatic carbocycles. The molecule has 0 bridgehead atoms. The number of benzene rings is 2. The van der Waals surface area contributed by atoms with E-state index in [-0.39, 0.29) is 18.1 Å². The van der Waals surface area contributed by atoms with Gasteiger partial charge in [0.25, 0.3) is 5.91 Å². The van der Waals surface area contributed by atoms with Crippen molar-refractivity contribution in [1.29, 1.82) is 0 Å². The molecule has 0 fully saturated rings. The highest BCUT2D eigenvalue weighted by Crippen LogP contribution is 2.25. The van der Waals surface area contributed by atoms with Gasteiger partial charge < -0.3 is 15.7 Å². The number of anilines is 1. The van der Waals surface area contributed by atoms with Crippen LogP contribution >= 0.6 is 0 Å². The molecule has 130 valence electrons. The van der Waals surface area contributed by atoms with Crippen LogP contribution in [0.1, 0.15) is 33.5 Å². The van der Waals surface area contributed by atoms with Crippen LogP contribution in [0.4, 0.5) is 10.1 Å². The summed E-state index contributed by atoms with van der Waals surface area (Å²) >= 11 is 0. The van der Waals surface area contributed by atoms with E-state index in [1.54, 1.807) is 0 Å². The van der Waals surface area contributed by atoms with E-state index >= 15 is 0 Å². The van der Waals surface area contributed by atoms with Crippen LogP contribution in [0.25, 0.3) is 0 Å². The van der Waals surface area contributed by atoms with Gasteiger partial charge in [0.2, 0.25) is 5.91 Å². The maximum absolute atomic E-state index is 14.2. The van der Waals surface area contributed by atoms with E-state index in [1.165, 1.54) is 12.1 Å². The molecule has 0 saturated carbocycles. The molecule has 0 spiro atoms. The summed E-state index contributed by atoms with van der Waals surface area (Å²) < 4.78 is 14.2. The Morgan fingerprint density at radius 1 is 1.16 bits per heavy atom. The monoisotopic (exact) mass is 342 g/mol. The van der Waals surface area contributed by atoms with Crippen LogP contribution in [-0.4, -0.2) is 23.5 Å². The lowest BCUT2D eigenvalue weighted by atomic mass is 9.99. The van der Waals surface area contributed by atoms with Crippen LogP contribution in [0.3, 0.4) is 0 Å². The zero-order chi connectivity index (χ0) is 17.8. The largest absolute Gasteiger partial charge is 0.392 e. The maximum atomic E-state index is 14.2. The lowest BCUT2D eigenvalue weighted by Gasteiger charge is -2.18. The summed E-state index contributed by atoms with van der Waals surface area (Å²) in [5.41, 5.74) is 3.05. The van der Waals surface area contributed by atoms with Gasteiger partial charge in [0, 0.05) is 18.7 Å². The maximum Gasteiger partial charge on any atom is 0.254 e. The molecule has 1 aliphatic heterocycles. The van der Waals surface area contributed by atoms with Gasteiger partial charge in [-0.05, 0) is 41.7 Å². The van der Waals surface area contributed by atoms with Crippen LogP contribution in [0.5, 0.6) is 0 Å². The van der Waals surface area contributed by atoms with Gasteiger partial charge in [-0.1, -0.05) is 24.3 Å².